The summed E-state index contributed by atoms with van der Waals surface area (Å²) in [5.41, 5.74) is 2.62. The predicted octanol–water partition coefficient (Wildman–Crippen LogP) is 5.23. The Hall–Kier alpha value is -4.07. The number of amides is 1. The third kappa shape index (κ3) is 8.61. The highest BCUT2D eigenvalue weighted by Gasteiger charge is 2.18. The van der Waals surface area contributed by atoms with E-state index in [1.165, 1.54) is 12.1 Å². The first-order valence-electron chi connectivity index (χ1n) is 11.9. The highest BCUT2D eigenvalue weighted by molar-refractivity contribution is 5.95. The number of para-hydroxylation sites is 1. The Kier molecular flexibility index (Phi) is 10.7. The Bertz CT molecular complexity index is 1140. The zero-order valence-corrected chi connectivity index (χ0v) is 21.4. The molecule has 0 aliphatic rings. The van der Waals surface area contributed by atoms with Crippen molar-refractivity contribution < 1.29 is 24.5 Å². The fourth-order valence-electron chi connectivity index (χ4n) is 3.51. The van der Waals surface area contributed by atoms with Gasteiger partial charge in [-0.1, -0.05) is 12.1 Å². The average Bonchev–Trinajstić information content (AvgIpc) is 2.84. The lowest BCUT2D eigenvalue weighted by Crippen LogP contribution is -2.36. The Balaban J connectivity index is 0.000000380. The molecule has 0 aliphatic carbocycles. The van der Waals surface area contributed by atoms with Crippen LogP contribution in [0, 0.1) is 6.92 Å². The second kappa shape index (κ2) is 13.7. The van der Waals surface area contributed by atoms with Crippen molar-refractivity contribution in [1.82, 2.24) is 9.88 Å². The number of pyridine rings is 1. The number of phenols is 1. The summed E-state index contributed by atoms with van der Waals surface area (Å²) in [6, 6.07) is 15.7. The maximum Gasteiger partial charge on any atom is 0.339 e. The molecule has 2 aromatic carbocycles. The first-order valence-corrected chi connectivity index (χ1v) is 11.9. The van der Waals surface area contributed by atoms with Gasteiger partial charge in [0.15, 0.2) is 0 Å². The predicted molar refractivity (Wildman–Crippen MR) is 141 cm³/mol. The zero-order chi connectivity index (χ0) is 26.7. The summed E-state index contributed by atoms with van der Waals surface area (Å²) in [6.45, 7) is 11.3. The Labute approximate surface area is 212 Å². The molecule has 3 N–H and O–H groups in total. The van der Waals surface area contributed by atoms with Gasteiger partial charge >= 0.3 is 5.97 Å². The molecule has 0 radical (unpaired) electrons. The van der Waals surface area contributed by atoms with Gasteiger partial charge in [-0.05, 0) is 82.6 Å². The van der Waals surface area contributed by atoms with E-state index >= 15 is 0 Å². The number of aromatic hydroxyl groups is 1. The van der Waals surface area contributed by atoms with Crippen molar-refractivity contribution in [1.29, 1.82) is 0 Å². The van der Waals surface area contributed by atoms with E-state index in [0.29, 0.717) is 18.7 Å². The molecule has 0 fully saturated rings. The van der Waals surface area contributed by atoms with Gasteiger partial charge in [0, 0.05) is 36.2 Å². The van der Waals surface area contributed by atoms with Crippen molar-refractivity contribution in [2.24, 2.45) is 0 Å². The number of ether oxygens (including phenoxy) is 1. The van der Waals surface area contributed by atoms with Crippen molar-refractivity contribution in [3.8, 4) is 11.5 Å². The number of aryl methyl sites for hydroxylation is 1. The van der Waals surface area contributed by atoms with Crippen molar-refractivity contribution in [3.63, 3.8) is 0 Å². The molecular formula is C28H35N3O5. The van der Waals surface area contributed by atoms with Gasteiger partial charge in [-0.2, -0.15) is 0 Å². The Morgan fingerprint density at radius 1 is 1.06 bits per heavy atom. The van der Waals surface area contributed by atoms with E-state index in [1.54, 1.807) is 24.5 Å². The molecule has 0 saturated carbocycles. The minimum absolute atomic E-state index is 0.0407. The smallest absolute Gasteiger partial charge is 0.339 e. The van der Waals surface area contributed by atoms with Crippen LogP contribution in [-0.2, 0) is 0 Å². The van der Waals surface area contributed by atoms with Crippen LogP contribution in [0.1, 0.15) is 54.0 Å². The number of anilines is 1. The molecule has 0 spiro atoms. The molecule has 192 valence electrons. The number of aromatic nitrogens is 1. The average molecular weight is 494 g/mol. The molecule has 0 saturated heterocycles. The van der Waals surface area contributed by atoms with E-state index in [2.05, 4.69) is 17.2 Å². The minimum atomic E-state index is -1.11. The monoisotopic (exact) mass is 493 g/mol. The van der Waals surface area contributed by atoms with Crippen LogP contribution < -0.4 is 10.1 Å². The largest absolute Gasteiger partial charge is 0.507 e. The molecule has 3 rings (SSSR count). The van der Waals surface area contributed by atoms with Crippen LogP contribution in [0.25, 0.3) is 0 Å². The van der Waals surface area contributed by atoms with Crippen LogP contribution in [0.2, 0.25) is 0 Å². The summed E-state index contributed by atoms with van der Waals surface area (Å²) in [7, 11) is 0. The fourth-order valence-corrected chi connectivity index (χ4v) is 3.51. The van der Waals surface area contributed by atoms with Crippen molar-refractivity contribution in [2.45, 2.75) is 46.7 Å². The number of nitrogens with one attached hydrogen (secondary N) is 1. The number of hydrogen-bond acceptors (Lipinski definition) is 6. The standard InChI is InChI=1S/C21H29N3O2.C7H6O3/c1-6-24(15(2)3)21(25)18-11-16(4)12-20(13-18)26-14-17(5)23-19-7-9-22-10-8-19;8-6-4-2-1-3-5(6)7(9)10/h7-13,15,17H,6,14H2,1-5H3,(H,22,23);1-4,8H,(H,9,10)/t17-;/m0./s1. The Morgan fingerprint density at radius 2 is 1.72 bits per heavy atom. The molecule has 8 nitrogen and oxygen atoms in total. The quantitative estimate of drug-likeness (QED) is 0.374. The number of benzene rings is 2. The number of hydrogen-bond donors (Lipinski definition) is 3. The van der Waals surface area contributed by atoms with Gasteiger partial charge < -0.3 is 25.2 Å². The molecule has 0 unspecified atom stereocenters. The van der Waals surface area contributed by atoms with Crippen molar-refractivity contribution in [2.75, 3.05) is 18.5 Å². The van der Waals surface area contributed by atoms with E-state index in [1.807, 2.05) is 62.9 Å². The maximum atomic E-state index is 12.8. The van der Waals surface area contributed by atoms with E-state index in [9.17, 15) is 9.59 Å². The first-order chi connectivity index (χ1) is 17.1. The van der Waals surface area contributed by atoms with Gasteiger partial charge in [0.25, 0.3) is 5.91 Å². The topological polar surface area (TPSA) is 112 Å². The Morgan fingerprint density at radius 3 is 2.28 bits per heavy atom. The minimum Gasteiger partial charge on any atom is -0.507 e. The number of carboxylic acids is 1. The van der Waals surface area contributed by atoms with Gasteiger partial charge in [-0.25, -0.2) is 4.79 Å². The SMILES string of the molecule is CCN(C(=O)c1cc(C)cc(OC[C@H](C)Nc2ccncc2)c1)C(C)C.O=C(O)c1ccccc1O. The molecule has 1 atom stereocenters. The van der Waals surface area contributed by atoms with E-state index in [4.69, 9.17) is 14.9 Å². The molecule has 36 heavy (non-hydrogen) atoms. The van der Waals surface area contributed by atoms with Crippen LogP contribution in [0.3, 0.4) is 0 Å². The third-order valence-corrected chi connectivity index (χ3v) is 5.25. The summed E-state index contributed by atoms with van der Waals surface area (Å²) >= 11 is 0. The molecule has 1 aromatic heterocycles. The molecule has 1 heterocycles. The summed E-state index contributed by atoms with van der Waals surface area (Å²) in [6.07, 6.45) is 3.51. The molecule has 0 aliphatic heterocycles. The van der Waals surface area contributed by atoms with Crippen LogP contribution in [0.5, 0.6) is 11.5 Å². The lowest BCUT2D eigenvalue weighted by molar-refractivity contribution is 0.0690. The van der Waals surface area contributed by atoms with Crippen molar-refractivity contribution in [3.05, 3.63) is 83.7 Å². The van der Waals surface area contributed by atoms with E-state index in [-0.39, 0.29) is 29.3 Å². The second-order valence-corrected chi connectivity index (χ2v) is 8.63. The van der Waals surface area contributed by atoms with Gasteiger partial charge in [0.1, 0.15) is 23.7 Å². The number of carbonyl (C=O) groups excluding carboxylic acids is 1. The molecule has 8 heteroatoms. The highest BCUT2D eigenvalue weighted by Crippen LogP contribution is 2.20. The van der Waals surface area contributed by atoms with Crippen molar-refractivity contribution >= 4 is 17.6 Å². The number of nitrogens with zero attached hydrogens (tertiary/aromatic N) is 2. The summed E-state index contributed by atoms with van der Waals surface area (Å²) in [4.78, 5) is 28.9. The molecular weight excluding hydrogens is 458 g/mol. The number of carboxylic acid groups (broad SMARTS) is 1. The van der Waals surface area contributed by atoms with E-state index in [0.717, 1.165) is 17.0 Å². The van der Waals surface area contributed by atoms with Gasteiger partial charge in [-0.15, -0.1) is 0 Å². The third-order valence-electron chi connectivity index (χ3n) is 5.25. The summed E-state index contributed by atoms with van der Waals surface area (Å²) in [5.74, 6) is -0.552. The van der Waals surface area contributed by atoms with Crippen LogP contribution >= 0.6 is 0 Å². The zero-order valence-electron chi connectivity index (χ0n) is 21.4. The van der Waals surface area contributed by atoms with Gasteiger partial charge in [-0.3, -0.25) is 9.78 Å². The molecule has 1 amide bonds. The molecule has 3 aromatic rings. The van der Waals surface area contributed by atoms with Gasteiger partial charge in [0.05, 0.1) is 6.04 Å². The first kappa shape index (κ1) is 28.2. The number of aromatic carboxylic acids is 1. The normalized spacial score (nSPS) is 11.2. The lowest BCUT2D eigenvalue weighted by atomic mass is 10.1. The number of carbonyl (C=O) groups is 2. The summed E-state index contributed by atoms with van der Waals surface area (Å²) in [5, 5.41) is 20.7. The fraction of sp³-hybridized carbons (Fsp3) is 0.321. The maximum absolute atomic E-state index is 12.8. The highest BCUT2D eigenvalue weighted by atomic mass is 16.5. The lowest BCUT2D eigenvalue weighted by Gasteiger charge is -2.25. The summed E-state index contributed by atoms with van der Waals surface area (Å²) < 4.78 is 5.94. The van der Waals surface area contributed by atoms with Gasteiger partial charge in [0.2, 0.25) is 0 Å². The number of rotatable bonds is 9. The van der Waals surface area contributed by atoms with Crippen LogP contribution in [0.4, 0.5) is 5.69 Å². The van der Waals surface area contributed by atoms with Crippen LogP contribution in [0.15, 0.2) is 67.0 Å². The second-order valence-electron chi connectivity index (χ2n) is 8.63. The van der Waals surface area contributed by atoms with E-state index < -0.39 is 5.97 Å². The molecule has 0 bridgehead atoms. The van der Waals surface area contributed by atoms with Crippen LogP contribution in [-0.4, -0.2) is 57.2 Å².